The first-order valence-corrected chi connectivity index (χ1v) is 11.5. The molecule has 0 bridgehead atoms. The number of hydrogen-bond acceptors (Lipinski definition) is 5. The van der Waals surface area contributed by atoms with Crippen molar-refractivity contribution in [2.45, 2.75) is 46.1 Å². The zero-order chi connectivity index (χ0) is 23.0. The van der Waals surface area contributed by atoms with Gasteiger partial charge >= 0.3 is 5.97 Å². The smallest absolute Gasteiger partial charge is 0.312 e. The Labute approximate surface area is 187 Å². The van der Waals surface area contributed by atoms with Gasteiger partial charge in [0.25, 0.3) is 0 Å². The number of anilines is 1. The molecule has 2 rings (SSSR count). The number of carbonyl (C=O) groups is 1. The molecule has 0 radical (unpaired) electrons. The number of allylic oxidation sites excluding steroid dienone is 2. The third-order valence-corrected chi connectivity index (χ3v) is 6.59. The fourth-order valence-electron chi connectivity index (χ4n) is 4.18. The van der Waals surface area contributed by atoms with Gasteiger partial charge in [0.15, 0.2) is 0 Å². The summed E-state index contributed by atoms with van der Waals surface area (Å²) in [6, 6.07) is 5.97. The third kappa shape index (κ3) is 6.42. The minimum atomic E-state index is -0.892. The molecule has 0 fully saturated rings. The van der Waals surface area contributed by atoms with E-state index in [0.717, 1.165) is 68.1 Å². The molecule has 2 unspecified atom stereocenters. The Morgan fingerprint density at radius 3 is 2.26 bits per heavy atom. The highest BCUT2D eigenvalue weighted by atomic mass is 16.4. The maximum Gasteiger partial charge on any atom is 0.312 e. The minimum Gasteiger partial charge on any atom is -0.481 e. The minimum absolute atomic E-state index is 0.600. The highest BCUT2D eigenvalue weighted by Gasteiger charge is 2.38. The van der Waals surface area contributed by atoms with Gasteiger partial charge in [-0.3, -0.25) is 4.79 Å². The van der Waals surface area contributed by atoms with Gasteiger partial charge in [-0.2, -0.15) is 0 Å². The third-order valence-electron chi connectivity index (χ3n) is 6.59. The van der Waals surface area contributed by atoms with Crippen LogP contribution in [0.2, 0.25) is 0 Å². The average Bonchev–Trinajstić information content (AvgIpc) is 2.76. The van der Waals surface area contributed by atoms with E-state index in [0.29, 0.717) is 6.42 Å². The van der Waals surface area contributed by atoms with Crippen molar-refractivity contribution in [3.63, 3.8) is 0 Å². The Kier molecular flexibility index (Phi) is 9.29. The van der Waals surface area contributed by atoms with Crippen molar-refractivity contribution >= 4 is 17.2 Å². The molecular weight excluding hydrogens is 388 g/mol. The van der Waals surface area contributed by atoms with Crippen LogP contribution in [-0.4, -0.2) is 65.7 Å². The molecule has 172 valence electrons. The molecule has 1 aromatic rings. The highest BCUT2D eigenvalue weighted by Crippen LogP contribution is 2.33. The number of nitrogen functional groups attached to an aromatic ring is 1. The first-order valence-electron chi connectivity index (χ1n) is 11.5. The Balaban J connectivity index is 2.24. The Hall–Kier alpha value is -2.15. The van der Waals surface area contributed by atoms with Crippen LogP contribution >= 0.6 is 0 Å². The van der Waals surface area contributed by atoms with Crippen LogP contribution in [0.25, 0.3) is 5.57 Å². The lowest BCUT2D eigenvalue weighted by atomic mass is 9.76. The van der Waals surface area contributed by atoms with Gasteiger partial charge < -0.3 is 26.4 Å². The van der Waals surface area contributed by atoms with Gasteiger partial charge in [-0.15, -0.1) is 0 Å². The van der Waals surface area contributed by atoms with E-state index in [-0.39, 0.29) is 0 Å². The number of hydrogen-bond donors (Lipinski definition) is 3. The number of nitrogens with zero attached hydrogens (tertiary/aromatic N) is 2. The van der Waals surface area contributed by atoms with Crippen molar-refractivity contribution in [1.82, 2.24) is 9.80 Å². The topological polar surface area (TPSA) is 95.8 Å². The molecule has 1 aromatic carbocycles. The molecular formula is C25H40N4O2. The van der Waals surface area contributed by atoms with E-state index in [4.69, 9.17) is 11.5 Å². The second-order valence-electron chi connectivity index (χ2n) is 8.35. The molecule has 31 heavy (non-hydrogen) atoms. The van der Waals surface area contributed by atoms with Crippen LogP contribution in [0.1, 0.15) is 45.2 Å². The summed E-state index contributed by atoms with van der Waals surface area (Å²) in [4.78, 5) is 16.7. The largest absolute Gasteiger partial charge is 0.481 e. The number of carboxylic acid groups (broad SMARTS) is 1. The summed E-state index contributed by atoms with van der Waals surface area (Å²) in [5.41, 5.74) is 15.7. The molecule has 0 aliphatic heterocycles. The van der Waals surface area contributed by atoms with E-state index in [1.165, 1.54) is 0 Å². The maximum atomic E-state index is 12.1. The lowest BCUT2D eigenvalue weighted by Crippen LogP contribution is -2.51. The molecule has 0 saturated carbocycles. The number of rotatable bonds is 12. The summed E-state index contributed by atoms with van der Waals surface area (Å²) in [5.74, 6) is -1.65. The van der Waals surface area contributed by atoms with E-state index in [9.17, 15) is 9.90 Å². The Bertz CT molecular complexity index is 797. The van der Waals surface area contributed by atoms with Gasteiger partial charge in [0.1, 0.15) is 0 Å². The zero-order valence-electron chi connectivity index (χ0n) is 19.6. The van der Waals surface area contributed by atoms with Gasteiger partial charge in [0.05, 0.1) is 11.5 Å². The zero-order valence-corrected chi connectivity index (χ0v) is 19.6. The molecule has 0 aromatic heterocycles. The highest BCUT2D eigenvalue weighted by molar-refractivity contribution is 5.84. The van der Waals surface area contributed by atoms with Crippen LogP contribution in [0.15, 0.2) is 36.4 Å². The summed E-state index contributed by atoms with van der Waals surface area (Å²) >= 11 is 0. The van der Waals surface area contributed by atoms with Gasteiger partial charge in [0.2, 0.25) is 0 Å². The standard InChI is InChI=1S/C25H40N4O2/c1-5-28(6-2)15-12-21-17-19(9-10-23(21)26)20-11-13-25(27,22(18-20)24(30)31)14-16-29(7-3)8-4/h9-11,13,17-18,22H,5-8,12,14-16,26-27H2,1-4H3,(H,30,31). The second kappa shape index (κ2) is 11.5. The number of likely N-dealkylation sites (N-methyl/N-ethyl adjacent to an activating group) is 1. The van der Waals surface area contributed by atoms with Gasteiger partial charge in [-0.25, -0.2) is 0 Å². The van der Waals surface area contributed by atoms with Crippen molar-refractivity contribution in [3.8, 4) is 0 Å². The first-order chi connectivity index (χ1) is 14.8. The van der Waals surface area contributed by atoms with E-state index in [1.807, 2.05) is 30.4 Å². The van der Waals surface area contributed by atoms with E-state index < -0.39 is 17.4 Å². The van der Waals surface area contributed by atoms with Crippen LogP contribution in [0.3, 0.4) is 0 Å². The second-order valence-corrected chi connectivity index (χ2v) is 8.35. The predicted molar refractivity (Wildman–Crippen MR) is 130 cm³/mol. The molecule has 6 heteroatoms. The number of benzene rings is 1. The van der Waals surface area contributed by atoms with Crippen molar-refractivity contribution in [3.05, 3.63) is 47.6 Å². The maximum absolute atomic E-state index is 12.1. The summed E-state index contributed by atoms with van der Waals surface area (Å²) in [7, 11) is 0. The summed E-state index contributed by atoms with van der Waals surface area (Å²) in [6.07, 6.45) is 7.14. The molecule has 0 spiro atoms. The van der Waals surface area contributed by atoms with Crippen LogP contribution in [0.4, 0.5) is 5.69 Å². The first kappa shape index (κ1) is 25.1. The summed E-state index contributed by atoms with van der Waals surface area (Å²) < 4.78 is 0. The van der Waals surface area contributed by atoms with Gasteiger partial charge in [-0.05, 0) is 67.9 Å². The van der Waals surface area contributed by atoms with Crippen molar-refractivity contribution < 1.29 is 9.90 Å². The molecule has 2 atom stereocenters. The molecule has 1 aliphatic carbocycles. The Morgan fingerprint density at radius 2 is 1.68 bits per heavy atom. The van der Waals surface area contributed by atoms with Gasteiger partial charge in [0, 0.05) is 18.8 Å². The molecule has 0 heterocycles. The van der Waals surface area contributed by atoms with E-state index in [2.05, 4.69) is 43.6 Å². The van der Waals surface area contributed by atoms with E-state index in [1.54, 1.807) is 0 Å². The lowest BCUT2D eigenvalue weighted by molar-refractivity contribution is -0.141. The SMILES string of the molecule is CCN(CC)CCc1cc(C2=CC(C(=O)O)C(N)(CCN(CC)CC)C=C2)ccc1N. The number of nitrogens with two attached hydrogens (primary N) is 2. The van der Waals surface area contributed by atoms with Crippen LogP contribution in [0, 0.1) is 5.92 Å². The van der Waals surface area contributed by atoms with Crippen LogP contribution in [-0.2, 0) is 11.2 Å². The predicted octanol–water partition coefficient (Wildman–Crippen LogP) is 3.24. The van der Waals surface area contributed by atoms with Crippen LogP contribution in [0.5, 0.6) is 0 Å². The fourth-order valence-corrected chi connectivity index (χ4v) is 4.18. The van der Waals surface area contributed by atoms with E-state index >= 15 is 0 Å². The molecule has 0 amide bonds. The average molecular weight is 429 g/mol. The van der Waals surface area contributed by atoms with Crippen LogP contribution < -0.4 is 11.5 Å². The van der Waals surface area contributed by atoms with Crippen molar-refractivity contribution in [2.24, 2.45) is 11.7 Å². The lowest BCUT2D eigenvalue weighted by Gasteiger charge is -2.35. The quantitative estimate of drug-likeness (QED) is 0.442. The monoisotopic (exact) mass is 428 g/mol. The fraction of sp³-hybridized carbons (Fsp3) is 0.560. The summed E-state index contributed by atoms with van der Waals surface area (Å²) in [5, 5.41) is 9.92. The molecule has 1 aliphatic rings. The van der Waals surface area contributed by atoms with Crippen molar-refractivity contribution in [1.29, 1.82) is 0 Å². The molecule has 5 N–H and O–H groups in total. The molecule has 6 nitrogen and oxygen atoms in total. The summed E-state index contributed by atoms with van der Waals surface area (Å²) in [6.45, 7) is 14.1. The number of carboxylic acids is 1. The van der Waals surface area contributed by atoms with Gasteiger partial charge in [-0.1, -0.05) is 52.0 Å². The number of aliphatic carboxylic acids is 1. The normalized spacial score (nSPS) is 21.0. The van der Waals surface area contributed by atoms with Crippen molar-refractivity contribution in [2.75, 3.05) is 45.0 Å². The Morgan fingerprint density at radius 1 is 1.06 bits per heavy atom. The molecule has 0 saturated heterocycles.